The summed E-state index contributed by atoms with van der Waals surface area (Å²) < 4.78 is 4.86. The van der Waals surface area contributed by atoms with E-state index in [1.165, 1.54) is 0 Å². The number of hydrogen-bond acceptors (Lipinski definition) is 6. The number of hydrogen-bond donors (Lipinski definition) is 5. The lowest BCUT2D eigenvalue weighted by atomic mass is 9.97. The first-order valence-corrected chi connectivity index (χ1v) is 4.02. The minimum atomic E-state index is -1.38. The molecule has 0 aliphatic carbocycles. The summed E-state index contributed by atoms with van der Waals surface area (Å²) in [5, 5.41) is 45.2. The van der Waals surface area contributed by atoms with Crippen molar-refractivity contribution in [2.24, 2.45) is 0 Å². The van der Waals surface area contributed by atoms with Gasteiger partial charge in [0.1, 0.15) is 30.5 Å². The van der Waals surface area contributed by atoms with Gasteiger partial charge in [0.2, 0.25) is 0 Å². The van der Waals surface area contributed by atoms with Gasteiger partial charge < -0.3 is 30.3 Å². The van der Waals surface area contributed by atoms with Gasteiger partial charge in [0.25, 0.3) is 0 Å². The maximum Gasteiger partial charge on any atom is 0.114 e. The Morgan fingerprint density at radius 2 is 1.85 bits per heavy atom. The average Bonchev–Trinajstić information content (AvgIpc) is 2.13. The summed E-state index contributed by atoms with van der Waals surface area (Å²) >= 11 is 0. The monoisotopic (exact) mass is 194 g/mol. The van der Waals surface area contributed by atoms with Crippen molar-refractivity contribution in [1.29, 1.82) is 0 Å². The SMILES string of the molecule is OC[C@H](O)[C@H]1OC[C@@H](O)[C@@H](O)[C@@H]1O. The third kappa shape index (κ3) is 2.16. The number of ether oxygens (including phenoxy) is 1. The van der Waals surface area contributed by atoms with Gasteiger partial charge in [-0.3, -0.25) is 0 Å². The quantitative estimate of drug-likeness (QED) is 0.317. The van der Waals surface area contributed by atoms with Gasteiger partial charge in [-0.1, -0.05) is 0 Å². The van der Waals surface area contributed by atoms with Crippen LogP contribution in [-0.4, -0.2) is 69.3 Å². The molecule has 0 unspecified atom stereocenters. The molecule has 0 radical (unpaired) electrons. The van der Waals surface area contributed by atoms with Crippen LogP contribution in [-0.2, 0) is 4.74 Å². The second-order valence-corrected chi connectivity index (χ2v) is 3.10. The van der Waals surface area contributed by atoms with Crippen LogP contribution in [0.4, 0.5) is 0 Å². The predicted molar refractivity (Wildman–Crippen MR) is 40.9 cm³/mol. The van der Waals surface area contributed by atoms with E-state index in [1.807, 2.05) is 0 Å². The molecule has 5 atom stereocenters. The van der Waals surface area contributed by atoms with E-state index in [0.717, 1.165) is 0 Å². The summed E-state index contributed by atoms with van der Waals surface area (Å²) in [6.07, 6.45) is -6.19. The van der Waals surface area contributed by atoms with E-state index in [1.54, 1.807) is 0 Å². The number of rotatable bonds is 2. The highest BCUT2D eigenvalue weighted by Crippen LogP contribution is 2.17. The van der Waals surface area contributed by atoms with E-state index < -0.39 is 37.1 Å². The molecule has 1 aliphatic heterocycles. The molecule has 1 heterocycles. The first-order valence-electron chi connectivity index (χ1n) is 4.02. The van der Waals surface area contributed by atoms with E-state index in [-0.39, 0.29) is 6.61 Å². The molecule has 5 N–H and O–H groups in total. The molecular weight excluding hydrogens is 180 g/mol. The smallest absolute Gasteiger partial charge is 0.114 e. The van der Waals surface area contributed by atoms with Gasteiger partial charge in [-0.25, -0.2) is 0 Å². The van der Waals surface area contributed by atoms with Gasteiger partial charge >= 0.3 is 0 Å². The number of aliphatic hydroxyl groups is 5. The van der Waals surface area contributed by atoms with Crippen molar-refractivity contribution in [2.45, 2.75) is 30.5 Å². The number of aliphatic hydroxyl groups excluding tert-OH is 5. The van der Waals surface area contributed by atoms with E-state index in [9.17, 15) is 10.2 Å². The molecule has 13 heavy (non-hydrogen) atoms. The molecule has 0 amide bonds. The normalized spacial score (nSPS) is 43.2. The topological polar surface area (TPSA) is 110 Å². The molecule has 0 aromatic rings. The molecule has 78 valence electrons. The summed E-state index contributed by atoms with van der Waals surface area (Å²) in [6, 6.07) is 0. The Balaban J connectivity index is 2.58. The van der Waals surface area contributed by atoms with Crippen molar-refractivity contribution in [1.82, 2.24) is 0 Å². The zero-order valence-corrected chi connectivity index (χ0v) is 6.95. The van der Waals surface area contributed by atoms with Crippen LogP contribution in [0.15, 0.2) is 0 Å². The van der Waals surface area contributed by atoms with Gasteiger partial charge in [0.05, 0.1) is 13.2 Å². The van der Waals surface area contributed by atoms with Crippen LogP contribution in [0.1, 0.15) is 0 Å². The molecule has 0 bridgehead atoms. The zero-order valence-electron chi connectivity index (χ0n) is 6.95. The fraction of sp³-hybridized carbons (Fsp3) is 1.00. The van der Waals surface area contributed by atoms with E-state index in [4.69, 9.17) is 20.1 Å². The maximum absolute atomic E-state index is 9.30. The summed E-state index contributed by atoms with van der Waals surface area (Å²) in [4.78, 5) is 0. The summed E-state index contributed by atoms with van der Waals surface area (Å²) in [5.41, 5.74) is 0. The third-order valence-corrected chi connectivity index (χ3v) is 2.11. The van der Waals surface area contributed by atoms with E-state index in [0.29, 0.717) is 0 Å². The molecule has 1 aliphatic rings. The Hall–Kier alpha value is -0.240. The molecular formula is C7H14O6. The van der Waals surface area contributed by atoms with Crippen LogP contribution >= 0.6 is 0 Å². The molecule has 0 spiro atoms. The molecule has 1 saturated heterocycles. The van der Waals surface area contributed by atoms with Gasteiger partial charge in [0.15, 0.2) is 0 Å². The Morgan fingerprint density at radius 1 is 1.23 bits per heavy atom. The van der Waals surface area contributed by atoms with Crippen LogP contribution in [0.2, 0.25) is 0 Å². The second-order valence-electron chi connectivity index (χ2n) is 3.10. The highest BCUT2D eigenvalue weighted by molar-refractivity contribution is 4.89. The minimum absolute atomic E-state index is 0.167. The molecule has 0 saturated carbocycles. The summed E-state index contributed by atoms with van der Waals surface area (Å²) in [6.45, 7) is -0.732. The predicted octanol–water partition coefficient (Wildman–Crippen LogP) is -3.18. The third-order valence-electron chi connectivity index (χ3n) is 2.11. The van der Waals surface area contributed by atoms with Crippen molar-refractivity contribution in [2.75, 3.05) is 13.2 Å². The van der Waals surface area contributed by atoms with Crippen molar-refractivity contribution >= 4 is 0 Å². The lowest BCUT2D eigenvalue weighted by molar-refractivity contribution is -0.214. The van der Waals surface area contributed by atoms with E-state index in [2.05, 4.69) is 0 Å². The van der Waals surface area contributed by atoms with Crippen molar-refractivity contribution < 1.29 is 30.3 Å². The van der Waals surface area contributed by atoms with Crippen molar-refractivity contribution in [3.63, 3.8) is 0 Å². The fourth-order valence-electron chi connectivity index (χ4n) is 1.27. The highest BCUT2D eigenvalue weighted by atomic mass is 16.5. The minimum Gasteiger partial charge on any atom is -0.394 e. The first kappa shape index (κ1) is 10.8. The standard InChI is InChI=1S/C7H14O6/c8-1-3(9)7-6(12)5(11)4(10)2-13-7/h3-12H,1-2H2/t3-,4+,5+,6-,7+/m0/s1. The molecule has 0 aromatic carbocycles. The summed E-state index contributed by atoms with van der Waals surface area (Å²) in [5.74, 6) is 0. The lowest BCUT2D eigenvalue weighted by Gasteiger charge is -2.36. The van der Waals surface area contributed by atoms with Gasteiger partial charge in [-0.2, -0.15) is 0 Å². The van der Waals surface area contributed by atoms with Crippen LogP contribution in [0.5, 0.6) is 0 Å². The summed E-state index contributed by atoms with van der Waals surface area (Å²) in [7, 11) is 0. The van der Waals surface area contributed by atoms with Gasteiger partial charge in [-0.05, 0) is 0 Å². The average molecular weight is 194 g/mol. The van der Waals surface area contributed by atoms with Gasteiger partial charge in [0, 0.05) is 0 Å². The second kappa shape index (κ2) is 4.32. The van der Waals surface area contributed by atoms with Crippen molar-refractivity contribution in [3.8, 4) is 0 Å². The van der Waals surface area contributed by atoms with Crippen LogP contribution in [0, 0.1) is 0 Å². The van der Waals surface area contributed by atoms with Crippen molar-refractivity contribution in [3.05, 3.63) is 0 Å². The van der Waals surface area contributed by atoms with Gasteiger partial charge in [-0.15, -0.1) is 0 Å². The molecule has 1 rings (SSSR count). The van der Waals surface area contributed by atoms with Crippen LogP contribution in [0.3, 0.4) is 0 Å². The van der Waals surface area contributed by atoms with Crippen LogP contribution < -0.4 is 0 Å². The Morgan fingerprint density at radius 3 is 2.38 bits per heavy atom. The fourth-order valence-corrected chi connectivity index (χ4v) is 1.27. The largest absolute Gasteiger partial charge is 0.394 e. The van der Waals surface area contributed by atoms with Crippen LogP contribution in [0.25, 0.3) is 0 Å². The zero-order chi connectivity index (χ0) is 10.0. The Kier molecular flexibility index (Phi) is 3.60. The first-order chi connectivity index (χ1) is 6.07. The highest BCUT2D eigenvalue weighted by Gasteiger charge is 2.40. The molecule has 6 heteroatoms. The lowest BCUT2D eigenvalue weighted by Crippen LogP contribution is -2.57. The Bertz CT molecular complexity index is 163. The molecule has 6 nitrogen and oxygen atoms in total. The van der Waals surface area contributed by atoms with E-state index >= 15 is 0 Å². The Labute approximate surface area is 75.0 Å². The molecule has 1 fully saturated rings. The maximum atomic E-state index is 9.30. The molecule has 0 aromatic heterocycles.